The Kier molecular flexibility index (Phi) is 5.61. The molecule has 0 amide bonds. The van der Waals surface area contributed by atoms with Crippen molar-refractivity contribution < 1.29 is 4.74 Å². The van der Waals surface area contributed by atoms with Crippen LogP contribution < -0.4 is 10.2 Å². The van der Waals surface area contributed by atoms with E-state index < -0.39 is 0 Å². The number of ether oxygens (including phenoxy) is 1. The van der Waals surface area contributed by atoms with Crippen LogP contribution in [0.3, 0.4) is 0 Å². The molecule has 5 heteroatoms. The quantitative estimate of drug-likeness (QED) is 0.678. The Hall–Kier alpha value is -1.75. The van der Waals surface area contributed by atoms with Crippen molar-refractivity contribution in [2.45, 2.75) is 25.8 Å². The third kappa shape index (κ3) is 4.01. The van der Waals surface area contributed by atoms with Gasteiger partial charge in [-0.25, -0.2) is 0 Å². The monoisotopic (exact) mass is 330 g/mol. The van der Waals surface area contributed by atoms with Crippen LogP contribution in [0, 0.1) is 5.92 Å². The molecule has 1 N–H and O–H groups in total. The fourth-order valence-electron chi connectivity index (χ4n) is 3.72. The first-order valence-corrected chi connectivity index (χ1v) is 9.00. The second kappa shape index (κ2) is 7.88. The van der Waals surface area contributed by atoms with Crippen molar-refractivity contribution in [3.05, 3.63) is 29.3 Å². The number of guanidine groups is 1. The van der Waals surface area contributed by atoms with Crippen LogP contribution in [-0.4, -0.2) is 58.3 Å². The highest BCUT2D eigenvalue weighted by atomic mass is 16.5. The van der Waals surface area contributed by atoms with Crippen molar-refractivity contribution in [3.8, 4) is 0 Å². The van der Waals surface area contributed by atoms with E-state index in [4.69, 9.17) is 4.74 Å². The first kappa shape index (κ1) is 17.1. The summed E-state index contributed by atoms with van der Waals surface area (Å²) >= 11 is 0. The van der Waals surface area contributed by atoms with Crippen LogP contribution in [0.5, 0.6) is 0 Å². The zero-order chi connectivity index (χ0) is 16.9. The standard InChI is InChI=1S/C19H30N4O/c1-20-19(23(3)13-16-8-10-24-14-16)21-12-15-6-7-18-17(11-15)5-4-9-22(18)2/h6-7,11,16H,4-5,8-10,12-14H2,1-3H3,(H,20,21). The molecule has 0 saturated carbocycles. The van der Waals surface area contributed by atoms with Gasteiger partial charge in [0.15, 0.2) is 5.96 Å². The fraction of sp³-hybridized carbons (Fsp3) is 0.632. The van der Waals surface area contributed by atoms with Crippen LogP contribution in [0.15, 0.2) is 23.2 Å². The summed E-state index contributed by atoms with van der Waals surface area (Å²) in [7, 11) is 6.14. The molecule has 24 heavy (non-hydrogen) atoms. The molecular formula is C19H30N4O. The van der Waals surface area contributed by atoms with E-state index >= 15 is 0 Å². The number of hydrogen-bond acceptors (Lipinski definition) is 3. The van der Waals surface area contributed by atoms with E-state index in [2.05, 4.69) is 52.4 Å². The normalized spacial score (nSPS) is 20.9. The molecule has 2 aliphatic heterocycles. The third-order valence-corrected chi connectivity index (χ3v) is 5.07. The van der Waals surface area contributed by atoms with Gasteiger partial charge in [0.05, 0.1) is 6.61 Å². The molecule has 2 heterocycles. The molecular weight excluding hydrogens is 300 g/mol. The fourth-order valence-corrected chi connectivity index (χ4v) is 3.72. The van der Waals surface area contributed by atoms with Crippen molar-refractivity contribution in [2.75, 3.05) is 52.3 Å². The van der Waals surface area contributed by atoms with Gasteiger partial charge in [0.2, 0.25) is 0 Å². The number of nitrogens with one attached hydrogen (secondary N) is 1. The Bertz CT molecular complexity index is 581. The summed E-state index contributed by atoms with van der Waals surface area (Å²) in [4.78, 5) is 8.99. The van der Waals surface area contributed by atoms with Gasteiger partial charge in [-0.05, 0) is 36.5 Å². The highest BCUT2D eigenvalue weighted by molar-refractivity contribution is 5.79. The van der Waals surface area contributed by atoms with Gasteiger partial charge >= 0.3 is 0 Å². The van der Waals surface area contributed by atoms with Gasteiger partial charge in [-0.1, -0.05) is 12.1 Å². The summed E-state index contributed by atoms with van der Waals surface area (Å²) in [5.41, 5.74) is 4.17. The molecule has 1 fully saturated rings. The minimum absolute atomic E-state index is 0.618. The zero-order valence-electron chi connectivity index (χ0n) is 15.2. The predicted molar refractivity (Wildman–Crippen MR) is 99.8 cm³/mol. The average molecular weight is 330 g/mol. The van der Waals surface area contributed by atoms with Crippen molar-refractivity contribution in [3.63, 3.8) is 0 Å². The van der Waals surface area contributed by atoms with Crippen LogP contribution in [-0.2, 0) is 17.7 Å². The summed E-state index contributed by atoms with van der Waals surface area (Å²) in [5.74, 6) is 1.57. The molecule has 1 aromatic rings. The lowest BCUT2D eigenvalue weighted by atomic mass is 9.99. The van der Waals surface area contributed by atoms with Gasteiger partial charge < -0.3 is 19.9 Å². The predicted octanol–water partition coefficient (Wildman–Crippen LogP) is 2.11. The van der Waals surface area contributed by atoms with E-state index in [1.54, 1.807) is 0 Å². The molecule has 0 aromatic heterocycles. The highest BCUT2D eigenvalue weighted by Gasteiger charge is 2.19. The summed E-state index contributed by atoms with van der Waals surface area (Å²) < 4.78 is 5.47. The number of hydrogen-bond donors (Lipinski definition) is 1. The largest absolute Gasteiger partial charge is 0.381 e. The summed E-state index contributed by atoms with van der Waals surface area (Å²) in [5, 5.41) is 3.50. The van der Waals surface area contributed by atoms with E-state index in [1.165, 1.54) is 29.7 Å². The van der Waals surface area contributed by atoms with Crippen LogP contribution in [0.2, 0.25) is 0 Å². The van der Waals surface area contributed by atoms with Gasteiger partial charge in [0.25, 0.3) is 0 Å². The Morgan fingerprint density at radius 3 is 3.08 bits per heavy atom. The Labute approximate surface area is 145 Å². The van der Waals surface area contributed by atoms with Crippen LogP contribution in [0.4, 0.5) is 5.69 Å². The minimum Gasteiger partial charge on any atom is -0.381 e. The van der Waals surface area contributed by atoms with Crippen LogP contribution >= 0.6 is 0 Å². The van der Waals surface area contributed by atoms with Crippen LogP contribution in [0.1, 0.15) is 24.0 Å². The van der Waals surface area contributed by atoms with E-state index in [-0.39, 0.29) is 0 Å². The summed E-state index contributed by atoms with van der Waals surface area (Å²) in [6.45, 7) is 4.74. The number of fused-ring (bicyclic) bond motifs is 1. The lowest BCUT2D eigenvalue weighted by Gasteiger charge is -2.28. The first-order valence-electron chi connectivity index (χ1n) is 9.00. The summed E-state index contributed by atoms with van der Waals surface area (Å²) in [6, 6.07) is 6.83. The summed E-state index contributed by atoms with van der Waals surface area (Å²) in [6.07, 6.45) is 3.58. The average Bonchev–Trinajstić information content (AvgIpc) is 3.08. The molecule has 5 nitrogen and oxygen atoms in total. The van der Waals surface area contributed by atoms with Gasteiger partial charge in [0.1, 0.15) is 0 Å². The number of rotatable bonds is 4. The number of anilines is 1. The number of aryl methyl sites for hydroxylation is 1. The molecule has 0 bridgehead atoms. The molecule has 3 rings (SSSR count). The van der Waals surface area contributed by atoms with Crippen molar-refractivity contribution >= 4 is 11.6 Å². The number of benzene rings is 1. The molecule has 2 aliphatic rings. The molecule has 1 saturated heterocycles. The molecule has 1 atom stereocenters. The lowest BCUT2D eigenvalue weighted by molar-refractivity contribution is 0.181. The first-order chi connectivity index (χ1) is 11.7. The molecule has 132 valence electrons. The second-order valence-electron chi connectivity index (χ2n) is 7.00. The van der Waals surface area contributed by atoms with Gasteiger partial charge in [-0.15, -0.1) is 0 Å². The Balaban J connectivity index is 1.57. The molecule has 1 unspecified atom stereocenters. The Morgan fingerprint density at radius 1 is 1.46 bits per heavy atom. The number of aliphatic imine (C=N–C) groups is 1. The maximum absolute atomic E-state index is 5.47. The third-order valence-electron chi connectivity index (χ3n) is 5.07. The lowest BCUT2D eigenvalue weighted by Crippen LogP contribution is -2.41. The van der Waals surface area contributed by atoms with Crippen molar-refractivity contribution in [1.29, 1.82) is 0 Å². The molecule has 0 radical (unpaired) electrons. The zero-order valence-corrected chi connectivity index (χ0v) is 15.2. The topological polar surface area (TPSA) is 40.1 Å². The molecule has 1 aromatic carbocycles. The maximum atomic E-state index is 5.47. The maximum Gasteiger partial charge on any atom is 0.193 e. The minimum atomic E-state index is 0.618. The second-order valence-corrected chi connectivity index (χ2v) is 7.00. The van der Waals surface area contributed by atoms with Gasteiger partial charge in [0, 0.05) is 59.0 Å². The SMILES string of the molecule is CN=C(NCc1ccc2c(c1)CCCN2C)N(C)CC1CCOC1. The van der Waals surface area contributed by atoms with E-state index in [0.29, 0.717) is 5.92 Å². The van der Waals surface area contributed by atoms with Gasteiger partial charge in [-0.3, -0.25) is 4.99 Å². The van der Waals surface area contributed by atoms with Gasteiger partial charge in [-0.2, -0.15) is 0 Å². The van der Waals surface area contributed by atoms with Crippen molar-refractivity contribution in [1.82, 2.24) is 10.2 Å². The van der Waals surface area contributed by atoms with Crippen molar-refractivity contribution in [2.24, 2.45) is 10.9 Å². The van der Waals surface area contributed by atoms with Crippen LogP contribution in [0.25, 0.3) is 0 Å². The number of nitrogens with zero attached hydrogens (tertiary/aromatic N) is 3. The molecule has 0 aliphatic carbocycles. The Morgan fingerprint density at radius 2 is 2.33 bits per heavy atom. The van der Waals surface area contributed by atoms with E-state index in [1.807, 2.05) is 7.05 Å². The highest BCUT2D eigenvalue weighted by Crippen LogP contribution is 2.26. The smallest absolute Gasteiger partial charge is 0.193 e. The van der Waals surface area contributed by atoms with E-state index in [9.17, 15) is 0 Å². The molecule has 0 spiro atoms. The van der Waals surface area contributed by atoms with E-state index in [0.717, 1.165) is 45.2 Å².